The highest BCUT2D eigenvalue weighted by atomic mass is 16.5. The molecule has 4 rings (SSSR count). The lowest BCUT2D eigenvalue weighted by Crippen LogP contribution is -2.51. The first kappa shape index (κ1) is 19.3. The predicted octanol–water partition coefficient (Wildman–Crippen LogP) is 2.79. The molecule has 0 unspecified atom stereocenters. The van der Waals surface area contributed by atoms with E-state index < -0.39 is 0 Å². The van der Waals surface area contributed by atoms with Crippen LogP contribution in [0, 0.1) is 5.92 Å². The summed E-state index contributed by atoms with van der Waals surface area (Å²) in [6.45, 7) is 2.25. The lowest BCUT2D eigenvalue weighted by atomic mass is 10.1. The van der Waals surface area contributed by atoms with Crippen molar-refractivity contribution in [1.29, 1.82) is 0 Å². The fourth-order valence-electron chi connectivity index (χ4n) is 4.05. The van der Waals surface area contributed by atoms with Gasteiger partial charge in [0.1, 0.15) is 0 Å². The fourth-order valence-corrected chi connectivity index (χ4v) is 4.05. The first-order valence-electron chi connectivity index (χ1n) is 9.97. The molecule has 2 aromatic carbocycles. The number of carbonyl (C=O) groups is 2. The van der Waals surface area contributed by atoms with Crippen LogP contribution < -0.4 is 9.47 Å². The predicted molar refractivity (Wildman–Crippen MR) is 109 cm³/mol. The molecule has 29 heavy (non-hydrogen) atoms. The van der Waals surface area contributed by atoms with E-state index in [-0.39, 0.29) is 17.7 Å². The Balaban J connectivity index is 1.34. The normalized spacial score (nSPS) is 20.9. The Labute approximate surface area is 171 Å². The van der Waals surface area contributed by atoms with Crippen molar-refractivity contribution in [3.63, 3.8) is 0 Å². The molecule has 0 bridgehead atoms. The standard InChI is InChI=1S/C23H26N2O4/c1-28-20-9-8-17(14-21(20)29-2)22(26)24-10-12-25(13-11-24)23(27)19-15-18(19)16-6-4-3-5-7-16/h3-9,14,18-19H,10-13,15H2,1-2H3/t18-,19-/m1/s1. The summed E-state index contributed by atoms with van der Waals surface area (Å²) in [6.07, 6.45) is 0.924. The van der Waals surface area contributed by atoms with Gasteiger partial charge in [-0.1, -0.05) is 30.3 Å². The Morgan fingerprint density at radius 1 is 0.862 bits per heavy atom. The molecule has 2 aliphatic rings. The number of amides is 2. The van der Waals surface area contributed by atoms with Crippen LogP contribution in [0.25, 0.3) is 0 Å². The van der Waals surface area contributed by atoms with E-state index in [9.17, 15) is 9.59 Å². The number of rotatable bonds is 5. The topological polar surface area (TPSA) is 59.1 Å². The van der Waals surface area contributed by atoms with Crippen LogP contribution in [-0.2, 0) is 4.79 Å². The molecule has 2 fully saturated rings. The largest absolute Gasteiger partial charge is 0.493 e. The number of carbonyl (C=O) groups excluding carboxylic acids is 2. The number of hydrogen-bond donors (Lipinski definition) is 0. The second-order valence-corrected chi connectivity index (χ2v) is 7.55. The monoisotopic (exact) mass is 394 g/mol. The molecule has 152 valence electrons. The van der Waals surface area contributed by atoms with Gasteiger partial charge in [0.25, 0.3) is 5.91 Å². The minimum Gasteiger partial charge on any atom is -0.493 e. The number of hydrogen-bond acceptors (Lipinski definition) is 4. The quantitative estimate of drug-likeness (QED) is 0.783. The van der Waals surface area contributed by atoms with Crippen LogP contribution in [0.2, 0.25) is 0 Å². The van der Waals surface area contributed by atoms with Crippen LogP contribution in [0.4, 0.5) is 0 Å². The fraction of sp³-hybridized carbons (Fsp3) is 0.391. The minimum atomic E-state index is -0.0494. The summed E-state index contributed by atoms with van der Waals surface area (Å²) >= 11 is 0. The van der Waals surface area contributed by atoms with Gasteiger partial charge >= 0.3 is 0 Å². The van der Waals surface area contributed by atoms with E-state index >= 15 is 0 Å². The molecule has 1 heterocycles. The van der Waals surface area contributed by atoms with Gasteiger partial charge < -0.3 is 19.3 Å². The van der Waals surface area contributed by atoms with Crippen molar-refractivity contribution in [3.8, 4) is 11.5 Å². The average molecular weight is 394 g/mol. The van der Waals surface area contributed by atoms with Crippen molar-refractivity contribution >= 4 is 11.8 Å². The summed E-state index contributed by atoms with van der Waals surface area (Å²) < 4.78 is 10.5. The highest BCUT2D eigenvalue weighted by molar-refractivity contribution is 5.95. The van der Waals surface area contributed by atoms with Crippen LogP contribution in [0.1, 0.15) is 28.3 Å². The molecule has 2 amide bonds. The number of ether oxygens (including phenoxy) is 2. The van der Waals surface area contributed by atoms with Crippen molar-refractivity contribution < 1.29 is 19.1 Å². The second kappa shape index (κ2) is 8.15. The lowest BCUT2D eigenvalue weighted by molar-refractivity contribution is -0.134. The summed E-state index contributed by atoms with van der Waals surface area (Å²) in [4.78, 5) is 29.4. The second-order valence-electron chi connectivity index (χ2n) is 7.55. The zero-order valence-corrected chi connectivity index (χ0v) is 16.8. The molecule has 0 spiro atoms. The first-order chi connectivity index (χ1) is 14.1. The van der Waals surface area contributed by atoms with Gasteiger partial charge in [-0.3, -0.25) is 9.59 Å². The van der Waals surface area contributed by atoms with E-state index in [1.165, 1.54) is 5.56 Å². The number of methoxy groups -OCH3 is 2. The SMILES string of the molecule is COc1ccc(C(=O)N2CCN(C(=O)[C@@H]3C[C@@H]3c3ccccc3)CC2)cc1OC. The number of benzene rings is 2. The van der Waals surface area contributed by atoms with Crippen LogP contribution in [0.3, 0.4) is 0 Å². The maximum Gasteiger partial charge on any atom is 0.254 e. The van der Waals surface area contributed by atoms with Gasteiger partial charge in [0.05, 0.1) is 14.2 Å². The van der Waals surface area contributed by atoms with E-state index in [4.69, 9.17) is 9.47 Å². The van der Waals surface area contributed by atoms with Crippen molar-refractivity contribution in [2.75, 3.05) is 40.4 Å². The molecular formula is C23H26N2O4. The van der Waals surface area contributed by atoms with Crippen molar-refractivity contribution in [2.45, 2.75) is 12.3 Å². The Hall–Kier alpha value is -3.02. The van der Waals surface area contributed by atoms with E-state index in [0.717, 1.165) is 6.42 Å². The molecule has 1 saturated heterocycles. The van der Waals surface area contributed by atoms with Gasteiger partial charge in [0.2, 0.25) is 5.91 Å². The van der Waals surface area contributed by atoms with Crippen LogP contribution >= 0.6 is 0 Å². The van der Waals surface area contributed by atoms with Gasteiger partial charge in [-0.05, 0) is 36.1 Å². The highest BCUT2D eigenvalue weighted by Gasteiger charge is 2.46. The number of piperazine rings is 1. The maximum atomic E-state index is 12.9. The highest BCUT2D eigenvalue weighted by Crippen LogP contribution is 2.48. The minimum absolute atomic E-state index is 0.0494. The molecular weight excluding hydrogens is 368 g/mol. The van der Waals surface area contributed by atoms with E-state index in [0.29, 0.717) is 49.2 Å². The Kier molecular flexibility index (Phi) is 5.43. The Bertz CT molecular complexity index is 891. The lowest BCUT2D eigenvalue weighted by Gasteiger charge is -2.35. The zero-order valence-electron chi connectivity index (χ0n) is 16.8. The molecule has 1 aliphatic carbocycles. The number of nitrogens with zero attached hydrogens (tertiary/aromatic N) is 2. The van der Waals surface area contributed by atoms with Gasteiger partial charge in [0.15, 0.2) is 11.5 Å². The molecule has 0 N–H and O–H groups in total. The molecule has 1 saturated carbocycles. The summed E-state index contributed by atoms with van der Waals surface area (Å²) in [5.41, 5.74) is 1.81. The molecule has 2 aromatic rings. The van der Waals surface area contributed by atoms with E-state index in [1.54, 1.807) is 37.3 Å². The summed E-state index contributed by atoms with van der Waals surface area (Å²) in [6, 6.07) is 15.4. The third kappa shape index (κ3) is 3.92. The third-order valence-corrected chi connectivity index (χ3v) is 5.84. The van der Waals surface area contributed by atoms with Crippen molar-refractivity contribution in [3.05, 3.63) is 59.7 Å². The Morgan fingerprint density at radius 2 is 1.52 bits per heavy atom. The molecule has 0 radical (unpaired) electrons. The average Bonchev–Trinajstić information content (AvgIpc) is 3.59. The smallest absolute Gasteiger partial charge is 0.254 e. The third-order valence-electron chi connectivity index (χ3n) is 5.84. The van der Waals surface area contributed by atoms with Gasteiger partial charge in [-0.15, -0.1) is 0 Å². The van der Waals surface area contributed by atoms with Crippen LogP contribution in [0.5, 0.6) is 11.5 Å². The molecule has 6 nitrogen and oxygen atoms in total. The zero-order chi connectivity index (χ0) is 20.4. The van der Waals surface area contributed by atoms with Crippen molar-refractivity contribution in [1.82, 2.24) is 9.80 Å². The van der Waals surface area contributed by atoms with Crippen molar-refractivity contribution in [2.24, 2.45) is 5.92 Å². The molecule has 1 aliphatic heterocycles. The summed E-state index contributed by atoms with van der Waals surface area (Å²) in [5.74, 6) is 1.73. The maximum absolute atomic E-state index is 12.9. The first-order valence-corrected chi connectivity index (χ1v) is 9.97. The van der Waals surface area contributed by atoms with Gasteiger partial charge in [0, 0.05) is 37.7 Å². The summed E-state index contributed by atoms with van der Waals surface area (Å²) in [5, 5.41) is 0. The molecule has 2 atom stereocenters. The van der Waals surface area contributed by atoms with E-state index in [2.05, 4.69) is 12.1 Å². The molecule has 0 aromatic heterocycles. The summed E-state index contributed by atoms with van der Waals surface area (Å²) in [7, 11) is 3.12. The molecule has 6 heteroatoms. The van der Waals surface area contributed by atoms with Gasteiger partial charge in [-0.25, -0.2) is 0 Å². The van der Waals surface area contributed by atoms with Gasteiger partial charge in [-0.2, -0.15) is 0 Å². The van der Waals surface area contributed by atoms with Crippen LogP contribution in [0.15, 0.2) is 48.5 Å². The van der Waals surface area contributed by atoms with Crippen LogP contribution in [-0.4, -0.2) is 62.0 Å². The van der Waals surface area contributed by atoms with E-state index in [1.807, 2.05) is 23.1 Å². The Morgan fingerprint density at radius 3 is 2.17 bits per heavy atom.